The maximum absolute atomic E-state index is 11.5. The van der Waals surface area contributed by atoms with Crippen LogP contribution < -0.4 is 4.74 Å². The first-order valence-electron chi connectivity index (χ1n) is 13.5. The smallest absolute Gasteiger partial charge is 0.118 e. The van der Waals surface area contributed by atoms with E-state index in [1.54, 1.807) is 7.11 Å². The molecule has 1 N–H and O–H groups in total. The standard InChI is InChI=1S/C34H36O5/c1-36-29-19-17-28(18-20-29)30-21-31(35)33(38-23-26-13-7-3-8-14-26)34(39-24-27-15-9-4-10-16-27)32(30)37-22-25-11-5-2-6-12-25/h2-20,30-35H,21-24H2,1H3/t30-,31+,32-,33+,34+/m0/s1. The SMILES string of the molecule is COc1ccc([C@@H]2C[C@@H](O)[C@@H](OCc3ccccc3)[C@H](OCc3ccccc3)[C@H]2OCc2ccccc2)cc1. The molecule has 39 heavy (non-hydrogen) atoms. The van der Waals surface area contributed by atoms with Gasteiger partial charge in [-0.1, -0.05) is 103 Å². The Morgan fingerprint density at radius 2 is 1.00 bits per heavy atom. The van der Waals surface area contributed by atoms with Gasteiger partial charge in [0.15, 0.2) is 0 Å². The van der Waals surface area contributed by atoms with Gasteiger partial charge in [0.25, 0.3) is 0 Å². The molecule has 0 unspecified atom stereocenters. The van der Waals surface area contributed by atoms with E-state index in [2.05, 4.69) is 24.3 Å². The highest BCUT2D eigenvalue weighted by Crippen LogP contribution is 2.40. The van der Waals surface area contributed by atoms with Gasteiger partial charge in [0.05, 0.1) is 39.1 Å². The molecular weight excluding hydrogens is 488 g/mol. The van der Waals surface area contributed by atoms with Crippen molar-refractivity contribution in [3.8, 4) is 5.75 Å². The topological polar surface area (TPSA) is 57.2 Å². The molecule has 0 radical (unpaired) electrons. The number of methoxy groups -OCH3 is 1. The van der Waals surface area contributed by atoms with E-state index in [1.165, 1.54) is 0 Å². The molecule has 0 heterocycles. The zero-order valence-corrected chi connectivity index (χ0v) is 22.3. The van der Waals surface area contributed by atoms with Crippen molar-refractivity contribution in [1.82, 2.24) is 0 Å². The minimum Gasteiger partial charge on any atom is -0.497 e. The largest absolute Gasteiger partial charge is 0.497 e. The number of hydrogen-bond donors (Lipinski definition) is 1. The van der Waals surface area contributed by atoms with Crippen LogP contribution in [0.4, 0.5) is 0 Å². The first-order valence-corrected chi connectivity index (χ1v) is 13.5. The Morgan fingerprint density at radius 3 is 1.46 bits per heavy atom. The van der Waals surface area contributed by atoms with Crippen LogP contribution in [-0.2, 0) is 34.0 Å². The van der Waals surface area contributed by atoms with Gasteiger partial charge in [0.1, 0.15) is 18.0 Å². The van der Waals surface area contributed by atoms with Crippen LogP contribution in [0.2, 0.25) is 0 Å². The average Bonchev–Trinajstić information content (AvgIpc) is 3.00. The number of benzene rings is 4. The molecule has 1 fully saturated rings. The van der Waals surface area contributed by atoms with Gasteiger partial charge in [-0.25, -0.2) is 0 Å². The van der Waals surface area contributed by atoms with E-state index in [4.69, 9.17) is 18.9 Å². The van der Waals surface area contributed by atoms with Crippen molar-refractivity contribution < 1.29 is 24.1 Å². The van der Waals surface area contributed by atoms with Crippen molar-refractivity contribution in [3.05, 3.63) is 138 Å². The zero-order chi connectivity index (χ0) is 26.9. The van der Waals surface area contributed by atoms with E-state index >= 15 is 0 Å². The summed E-state index contributed by atoms with van der Waals surface area (Å²) in [6, 6.07) is 38.2. The molecule has 5 heteroatoms. The van der Waals surface area contributed by atoms with Crippen molar-refractivity contribution in [1.29, 1.82) is 0 Å². The van der Waals surface area contributed by atoms with Crippen LogP contribution in [0.25, 0.3) is 0 Å². The minimum absolute atomic E-state index is 0.0908. The molecule has 1 aliphatic carbocycles. The van der Waals surface area contributed by atoms with Gasteiger partial charge in [0.2, 0.25) is 0 Å². The number of rotatable bonds is 11. The highest BCUT2D eigenvalue weighted by Gasteiger charge is 2.47. The van der Waals surface area contributed by atoms with Crippen molar-refractivity contribution in [3.63, 3.8) is 0 Å². The van der Waals surface area contributed by atoms with Crippen molar-refractivity contribution in [2.24, 2.45) is 0 Å². The first kappa shape index (κ1) is 27.1. The van der Waals surface area contributed by atoms with Gasteiger partial charge in [0, 0.05) is 5.92 Å². The second kappa shape index (κ2) is 13.5. The summed E-state index contributed by atoms with van der Waals surface area (Å²) in [5.41, 5.74) is 4.26. The molecule has 0 aliphatic heterocycles. The highest BCUT2D eigenvalue weighted by molar-refractivity contribution is 5.31. The first-order chi connectivity index (χ1) is 19.2. The Kier molecular flexibility index (Phi) is 9.41. The Hall–Kier alpha value is -3.48. The molecule has 0 amide bonds. The van der Waals surface area contributed by atoms with Crippen molar-refractivity contribution in [2.75, 3.05) is 7.11 Å². The molecule has 4 aromatic rings. The predicted octanol–water partition coefficient (Wildman–Crippen LogP) is 6.30. The molecule has 0 bridgehead atoms. The van der Waals surface area contributed by atoms with E-state index in [9.17, 15) is 5.11 Å². The predicted molar refractivity (Wildman–Crippen MR) is 151 cm³/mol. The molecule has 5 atom stereocenters. The second-order valence-electron chi connectivity index (χ2n) is 9.97. The fourth-order valence-corrected chi connectivity index (χ4v) is 5.25. The van der Waals surface area contributed by atoms with Crippen LogP contribution in [0.5, 0.6) is 5.75 Å². The Labute approximate surface area is 230 Å². The lowest BCUT2D eigenvalue weighted by Gasteiger charge is -2.45. The number of aliphatic hydroxyl groups is 1. The normalized spacial score (nSPS) is 22.9. The van der Waals surface area contributed by atoms with E-state index < -0.39 is 18.3 Å². The molecule has 1 saturated carbocycles. The molecule has 5 rings (SSSR count). The molecule has 5 nitrogen and oxygen atoms in total. The monoisotopic (exact) mass is 524 g/mol. The lowest BCUT2D eigenvalue weighted by molar-refractivity contribution is -0.208. The lowest BCUT2D eigenvalue weighted by Crippen LogP contribution is -2.55. The Bertz CT molecular complexity index is 1250. The maximum atomic E-state index is 11.5. The molecular formula is C34H36O5. The summed E-state index contributed by atoms with van der Waals surface area (Å²) >= 11 is 0. The van der Waals surface area contributed by atoms with Crippen LogP contribution in [0.15, 0.2) is 115 Å². The van der Waals surface area contributed by atoms with Crippen molar-refractivity contribution in [2.45, 2.75) is 56.6 Å². The third kappa shape index (κ3) is 7.14. The van der Waals surface area contributed by atoms with Gasteiger partial charge in [-0.2, -0.15) is 0 Å². The van der Waals surface area contributed by atoms with Crippen LogP contribution in [0.3, 0.4) is 0 Å². The summed E-state index contributed by atoms with van der Waals surface area (Å²) in [7, 11) is 1.66. The summed E-state index contributed by atoms with van der Waals surface area (Å²) in [6.45, 7) is 1.21. The third-order valence-corrected chi connectivity index (χ3v) is 7.32. The van der Waals surface area contributed by atoms with Gasteiger partial charge >= 0.3 is 0 Å². The van der Waals surface area contributed by atoms with Crippen LogP contribution in [-0.4, -0.2) is 36.6 Å². The summed E-state index contributed by atoms with van der Waals surface area (Å²) in [6.07, 6.45) is -1.61. The maximum Gasteiger partial charge on any atom is 0.118 e. The van der Waals surface area contributed by atoms with E-state index in [0.717, 1.165) is 28.0 Å². The molecule has 0 spiro atoms. The summed E-state index contributed by atoms with van der Waals surface area (Å²) < 4.78 is 25.1. The second-order valence-corrected chi connectivity index (χ2v) is 9.97. The quantitative estimate of drug-likeness (QED) is 0.250. The van der Waals surface area contributed by atoms with Gasteiger partial charge in [-0.3, -0.25) is 0 Å². The van der Waals surface area contributed by atoms with Crippen LogP contribution >= 0.6 is 0 Å². The highest BCUT2D eigenvalue weighted by atomic mass is 16.6. The fourth-order valence-electron chi connectivity index (χ4n) is 5.25. The van der Waals surface area contributed by atoms with Gasteiger partial charge < -0.3 is 24.1 Å². The van der Waals surface area contributed by atoms with E-state index in [1.807, 2.05) is 91.0 Å². The summed E-state index contributed by atoms with van der Waals surface area (Å²) in [5, 5.41) is 11.5. The molecule has 4 aromatic carbocycles. The van der Waals surface area contributed by atoms with Gasteiger partial charge in [-0.05, 0) is 40.8 Å². The van der Waals surface area contributed by atoms with Gasteiger partial charge in [-0.15, -0.1) is 0 Å². The number of aliphatic hydroxyl groups excluding tert-OH is 1. The lowest BCUT2D eigenvalue weighted by atomic mass is 9.76. The molecule has 0 saturated heterocycles. The Balaban J connectivity index is 1.45. The average molecular weight is 525 g/mol. The van der Waals surface area contributed by atoms with Crippen LogP contribution in [0, 0.1) is 0 Å². The molecule has 1 aliphatic rings. The third-order valence-electron chi connectivity index (χ3n) is 7.32. The summed E-state index contributed by atoms with van der Waals surface area (Å²) in [5.74, 6) is 0.699. The molecule has 202 valence electrons. The zero-order valence-electron chi connectivity index (χ0n) is 22.3. The van der Waals surface area contributed by atoms with E-state index in [0.29, 0.717) is 26.2 Å². The minimum atomic E-state index is -0.724. The summed E-state index contributed by atoms with van der Waals surface area (Å²) in [4.78, 5) is 0. The van der Waals surface area contributed by atoms with Crippen LogP contribution in [0.1, 0.15) is 34.6 Å². The number of hydrogen-bond acceptors (Lipinski definition) is 5. The molecule has 0 aromatic heterocycles. The fraction of sp³-hybridized carbons (Fsp3) is 0.294. The van der Waals surface area contributed by atoms with Crippen molar-refractivity contribution >= 4 is 0 Å². The van der Waals surface area contributed by atoms with E-state index in [-0.39, 0.29) is 12.0 Å². The Morgan fingerprint density at radius 1 is 0.564 bits per heavy atom. The number of ether oxygens (including phenoxy) is 4.